The van der Waals surface area contributed by atoms with E-state index in [0.29, 0.717) is 6.42 Å². The summed E-state index contributed by atoms with van der Waals surface area (Å²) in [5, 5.41) is 39.1. The van der Waals surface area contributed by atoms with Crippen LogP contribution in [-0.4, -0.2) is 101 Å². The highest BCUT2D eigenvalue weighted by atomic mass is 32.2. The summed E-state index contributed by atoms with van der Waals surface area (Å²) in [5.74, 6) is -1.54. The highest BCUT2D eigenvalue weighted by Gasteiger charge is 2.45. The lowest BCUT2D eigenvalue weighted by Crippen LogP contribution is -2.60. The SMILES string of the molecule is CCCCCCC(=O)O[C@H](COC(C)O)CO[C@@H]1O[C@H](CS(=O)(=O)O)[C@@H](O)[C@H](O)[C@H]1O. The quantitative estimate of drug-likeness (QED) is 0.0889. The molecule has 184 valence electrons. The summed E-state index contributed by atoms with van der Waals surface area (Å²) in [6, 6.07) is 0. The molecule has 0 aromatic heterocycles. The summed E-state index contributed by atoms with van der Waals surface area (Å²) >= 11 is 0. The van der Waals surface area contributed by atoms with E-state index in [9.17, 15) is 33.6 Å². The second kappa shape index (κ2) is 13.6. The van der Waals surface area contributed by atoms with E-state index in [0.717, 1.165) is 19.3 Å². The van der Waals surface area contributed by atoms with Crippen molar-refractivity contribution in [1.29, 1.82) is 0 Å². The number of aliphatic hydroxyl groups excluding tert-OH is 4. The van der Waals surface area contributed by atoms with E-state index < -0.39 is 64.9 Å². The minimum absolute atomic E-state index is 0.176. The summed E-state index contributed by atoms with van der Waals surface area (Å²) < 4.78 is 52.0. The first-order valence-corrected chi connectivity index (χ1v) is 11.8. The topological polar surface area (TPSA) is 189 Å². The van der Waals surface area contributed by atoms with Crippen LogP contribution in [0.2, 0.25) is 0 Å². The Kier molecular flexibility index (Phi) is 12.3. The molecule has 12 nitrogen and oxygen atoms in total. The molecule has 0 bridgehead atoms. The zero-order valence-electron chi connectivity index (χ0n) is 17.7. The van der Waals surface area contributed by atoms with Crippen molar-refractivity contribution in [2.24, 2.45) is 0 Å². The van der Waals surface area contributed by atoms with Gasteiger partial charge in [-0.3, -0.25) is 9.35 Å². The predicted octanol–water partition coefficient (Wildman–Crippen LogP) is -1.06. The number of carbonyl (C=O) groups is 1. The molecule has 0 aliphatic carbocycles. The lowest BCUT2D eigenvalue weighted by molar-refractivity contribution is -0.297. The Bertz CT molecular complexity index is 625. The van der Waals surface area contributed by atoms with E-state index in [1.807, 2.05) is 6.92 Å². The van der Waals surface area contributed by atoms with E-state index in [2.05, 4.69) is 0 Å². The standard InChI is InChI=1S/C18H34O12S/c1-3-4-5-6-7-14(20)29-12(8-27-11(2)19)9-28-18-17(23)16(22)15(21)13(30-18)10-31(24,25)26/h11-13,15-19,21-23H,3-10H2,1-2H3,(H,24,25,26)/t11?,12-,13-,15-,16+,17-,18-/m1/s1. The molecule has 0 saturated carbocycles. The Morgan fingerprint density at radius 3 is 2.32 bits per heavy atom. The molecular weight excluding hydrogens is 440 g/mol. The van der Waals surface area contributed by atoms with Crippen molar-refractivity contribution in [3.63, 3.8) is 0 Å². The van der Waals surface area contributed by atoms with Gasteiger partial charge in [0.2, 0.25) is 0 Å². The molecule has 1 saturated heterocycles. The number of hydrogen-bond acceptors (Lipinski definition) is 11. The van der Waals surface area contributed by atoms with Crippen LogP contribution in [-0.2, 0) is 33.9 Å². The fourth-order valence-corrected chi connectivity index (χ4v) is 3.60. The maximum atomic E-state index is 12.0. The highest BCUT2D eigenvalue weighted by Crippen LogP contribution is 2.23. The maximum Gasteiger partial charge on any atom is 0.306 e. The minimum Gasteiger partial charge on any atom is -0.457 e. The van der Waals surface area contributed by atoms with Crippen LogP contribution in [0.1, 0.15) is 46.0 Å². The van der Waals surface area contributed by atoms with Crippen molar-refractivity contribution in [2.45, 2.75) is 89.1 Å². The Morgan fingerprint density at radius 2 is 1.74 bits per heavy atom. The molecule has 0 radical (unpaired) electrons. The average Bonchev–Trinajstić information content (AvgIpc) is 2.67. The lowest BCUT2D eigenvalue weighted by atomic mass is 10.00. The maximum absolute atomic E-state index is 12.0. The Morgan fingerprint density at radius 1 is 1.06 bits per heavy atom. The van der Waals surface area contributed by atoms with Gasteiger partial charge in [-0.25, -0.2) is 0 Å². The molecule has 7 atom stereocenters. The normalized spacial score (nSPS) is 28.8. The fourth-order valence-electron chi connectivity index (χ4n) is 2.91. The fraction of sp³-hybridized carbons (Fsp3) is 0.944. The molecule has 5 N–H and O–H groups in total. The lowest BCUT2D eigenvalue weighted by Gasteiger charge is -2.40. The van der Waals surface area contributed by atoms with Crippen LogP contribution < -0.4 is 0 Å². The van der Waals surface area contributed by atoms with E-state index in [4.69, 9.17) is 23.5 Å². The molecule has 0 spiro atoms. The van der Waals surface area contributed by atoms with Crippen molar-refractivity contribution in [1.82, 2.24) is 0 Å². The average molecular weight is 475 g/mol. The smallest absolute Gasteiger partial charge is 0.306 e. The zero-order valence-corrected chi connectivity index (χ0v) is 18.5. The molecule has 0 aromatic carbocycles. The second-order valence-electron chi connectivity index (χ2n) is 7.45. The van der Waals surface area contributed by atoms with Crippen LogP contribution in [0.4, 0.5) is 0 Å². The molecule has 1 rings (SSSR count). The van der Waals surface area contributed by atoms with Gasteiger partial charge in [-0.15, -0.1) is 0 Å². The Balaban J connectivity index is 2.69. The van der Waals surface area contributed by atoms with Crippen LogP contribution in [0.25, 0.3) is 0 Å². The summed E-state index contributed by atoms with van der Waals surface area (Å²) in [7, 11) is -4.55. The molecule has 1 fully saturated rings. The van der Waals surface area contributed by atoms with Crippen LogP contribution in [0.3, 0.4) is 0 Å². The van der Waals surface area contributed by atoms with Gasteiger partial charge < -0.3 is 39.4 Å². The second-order valence-corrected chi connectivity index (χ2v) is 8.95. The van der Waals surface area contributed by atoms with Crippen LogP contribution >= 0.6 is 0 Å². The molecule has 1 aliphatic rings. The third-order valence-electron chi connectivity index (χ3n) is 4.55. The van der Waals surface area contributed by atoms with Gasteiger partial charge in [0.15, 0.2) is 12.6 Å². The molecule has 0 aromatic rings. The summed E-state index contributed by atoms with van der Waals surface area (Å²) in [6.45, 7) is 2.78. The number of hydrogen-bond donors (Lipinski definition) is 5. The first-order chi connectivity index (χ1) is 14.4. The molecule has 31 heavy (non-hydrogen) atoms. The van der Waals surface area contributed by atoms with Crippen molar-refractivity contribution in [3.05, 3.63) is 0 Å². The van der Waals surface area contributed by atoms with Crippen molar-refractivity contribution >= 4 is 16.1 Å². The summed E-state index contributed by atoms with van der Waals surface area (Å²) in [5.41, 5.74) is 0. The van der Waals surface area contributed by atoms with E-state index in [1.165, 1.54) is 6.92 Å². The van der Waals surface area contributed by atoms with Gasteiger partial charge >= 0.3 is 5.97 Å². The van der Waals surface area contributed by atoms with Gasteiger partial charge in [0, 0.05) is 6.42 Å². The van der Waals surface area contributed by atoms with Gasteiger partial charge in [0.25, 0.3) is 10.1 Å². The first kappa shape index (κ1) is 28.1. The van der Waals surface area contributed by atoms with Crippen molar-refractivity contribution < 1.29 is 57.1 Å². The minimum atomic E-state index is -4.55. The van der Waals surface area contributed by atoms with E-state index in [-0.39, 0.29) is 19.6 Å². The number of ether oxygens (including phenoxy) is 4. The number of aliphatic hydroxyl groups is 4. The number of esters is 1. The number of carbonyl (C=O) groups excluding carboxylic acids is 1. The van der Waals surface area contributed by atoms with Gasteiger partial charge in [-0.05, 0) is 13.3 Å². The summed E-state index contributed by atoms with van der Waals surface area (Å²) in [6.07, 6.45) is -6.92. The van der Waals surface area contributed by atoms with Gasteiger partial charge in [0.05, 0.1) is 13.2 Å². The Hall–Kier alpha value is -0.900. The van der Waals surface area contributed by atoms with Crippen LogP contribution in [0.5, 0.6) is 0 Å². The first-order valence-electron chi connectivity index (χ1n) is 10.2. The van der Waals surface area contributed by atoms with Crippen LogP contribution in [0.15, 0.2) is 0 Å². The van der Waals surface area contributed by atoms with Crippen molar-refractivity contribution in [2.75, 3.05) is 19.0 Å². The van der Waals surface area contributed by atoms with Gasteiger partial charge in [0.1, 0.15) is 36.3 Å². The van der Waals surface area contributed by atoms with Crippen LogP contribution in [0, 0.1) is 0 Å². The predicted molar refractivity (Wildman–Crippen MR) is 105 cm³/mol. The third kappa shape index (κ3) is 11.0. The van der Waals surface area contributed by atoms with E-state index in [1.54, 1.807) is 0 Å². The van der Waals surface area contributed by atoms with Gasteiger partial charge in [-0.2, -0.15) is 8.42 Å². The molecule has 1 unspecified atom stereocenters. The summed E-state index contributed by atoms with van der Waals surface area (Å²) in [4.78, 5) is 12.0. The molecule has 1 heterocycles. The third-order valence-corrected chi connectivity index (χ3v) is 5.30. The molecule has 0 amide bonds. The number of rotatable bonds is 14. The largest absolute Gasteiger partial charge is 0.457 e. The highest BCUT2D eigenvalue weighted by molar-refractivity contribution is 7.85. The van der Waals surface area contributed by atoms with E-state index >= 15 is 0 Å². The zero-order chi connectivity index (χ0) is 23.6. The van der Waals surface area contributed by atoms with Gasteiger partial charge in [-0.1, -0.05) is 26.2 Å². The molecule has 13 heteroatoms. The van der Waals surface area contributed by atoms with Crippen molar-refractivity contribution in [3.8, 4) is 0 Å². The molecule has 1 aliphatic heterocycles. The number of unbranched alkanes of at least 4 members (excludes halogenated alkanes) is 3. The molecular formula is C18H34O12S. The monoisotopic (exact) mass is 474 g/mol. The Labute approximate surface area is 181 Å².